The van der Waals surface area contributed by atoms with E-state index in [-0.39, 0.29) is 0 Å². The molecular weight excluding hydrogens is 324 g/mol. The summed E-state index contributed by atoms with van der Waals surface area (Å²) in [5.74, 6) is 0.849. The Hall–Kier alpha value is -0.380. The van der Waals surface area contributed by atoms with Crippen molar-refractivity contribution in [3.8, 4) is 0 Å². The van der Waals surface area contributed by atoms with Gasteiger partial charge in [-0.3, -0.25) is 0 Å². The molecule has 1 aliphatic heterocycles. The van der Waals surface area contributed by atoms with Gasteiger partial charge in [0, 0.05) is 29.6 Å². The largest absolute Gasteiger partial charge is 0.310 e. The standard InChI is InChI=1S/C18H29BrN2/c1-4-20-18(16-7-5-6-8-17(16)19)11-12-21-13-14(2)9-10-15(21)3/h5-8,14-15,18,20H,4,9-13H2,1-3H3. The van der Waals surface area contributed by atoms with Crippen LogP contribution in [0, 0.1) is 5.92 Å². The molecule has 1 N–H and O–H groups in total. The second-order valence-electron chi connectivity index (χ2n) is 6.45. The lowest BCUT2D eigenvalue weighted by atomic mass is 9.94. The van der Waals surface area contributed by atoms with Crippen molar-refractivity contribution < 1.29 is 0 Å². The lowest BCUT2D eigenvalue weighted by Crippen LogP contribution is -2.42. The molecule has 1 aliphatic rings. The molecule has 1 aromatic rings. The van der Waals surface area contributed by atoms with Crippen molar-refractivity contribution in [1.82, 2.24) is 10.2 Å². The fourth-order valence-electron chi connectivity index (χ4n) is 3.36. The minimum Gasteiger partial charge on any atom is -0.310 e. The smallest absolute Gasteiger partial charge is 0.0343 e. The number of halogens is 1. The average Bonchev–Trinajstić information content (AvgIpc) is 2.47. The van der Waals surface area contributed by atoms with Crippen LogP contribution in [0.2, 0.25) is 0 Å². The first-order valence-electron chi connectivity index (χ1n) is 8.33. The Morgan fingerprint density at radius 3 is 2.76 bits per heavy atom. The van der Waals surface area contributed by atoms with Crippen molar-refractivity contribution in [2.45, 2.75) is 52.1 Å². The fraction of sp³-hybridized carbons (Fsp3) is 0.667. The van der Waals surface area contributed by atoms with E-state index in [1.165, 1.54) is 42.4 Å². The first-order valence-corrected chi connectivity index (χ1v) is 9.13. The van der Waals surface area contributed by atoms with Gasteiger partial charge < -0.3 is 10.2 Å². The third-order valence-electron chi connectivity index (χ3n) is 4.68. The Labute approximate surface area is 138 Å². The Bertz CT molecular complexity index is 435. The molecule has 1 aromatic carbocycles. The molecule has 3 unspecified atom stereocenters. The minimum atomic E-state index is 0.440. The summed E-state index contributed by atoms with van der Waals surface area (Å²) in [7, 11) is 0. The molecule has 0 saturated carbocycles. The molecule has 3 heteroatoms. The van der Waals surface area contributed by atoms with Crippen molar-refractivity contribution in [1.29, 1.82) is 0 Å². The van der Waals surface area contributed by atoms with E-state index in [0.717, 1.165) is 18.5 Å². The number of rotatable bonds is 6. The molecule has 118 valence electrons. The van der Waals surface area contributed by atoms with Crippen LogP contribution >= 0.6 is 15.9 Å². The Morgan fingerprint density at radius 1 is 1.29 bits per heavy atom. The van der Waals surface area contributed by atoms with Crippen molar-refractivity contribution in [3.63, 3.8) is 0 Å². The maximum absolute atomic E-state index is 3.70. The lowest BCUT2D eigenvalue weighted by molar-refractivity contribution is 0.119. The average molecular weight is 353 g/mol. The van der Waals surface area contributed by atoms with E-state index in [1.54, 1.807) is 0 Å². The van der Waals surface area contributed by atoms with E-state index in [2.05, 4.69) is 71.2 Å². The summed E-state index contributed by atoms with van der Waals surface area (Å²) in [6.45, 7) is 10.4. The summed E-state index contributed by atoms with van der Waals surface area (Å²) in [4.78, 5) is 2.68. The van der Waals surface area contributed by atoms with Crippen molar-refractivity contribution >= 4 is 15.9 Å². The van der Waals surface area contributed by atoms with Gasteiger partial charge in [-0.25, -0.2) is 0 Å². The summed E-state index contributed by atoms with van der Waals surface area (Å²) >= 11 is 3.70. The molecular formula is C18H29BrN2. The molecule has 0 radical (unpaired) electrons. The third kappa shape index (κ3) is 4.80. The summed E-state index contributed by atoms with van der Waals surface area (Å²) in [6.07, 6.45) is 3.91. The van der Waals surface area contributed by atoms with Crippen LogP contribution < -0.4 is 5.32 Å². The van der Waals surface area contributed by atoms with Crippen LogP contribution in [0.15, 0.2) is 28.7 Å². The summed E-state index contributed by atoms with van der Waals surface area (Å²) in [5, 5.41) is 3.65. The Morgan fingerprint density at radius 2 is 2.05 bits per heavy atom. The van der Waals surface area contributed by atoms with Crippen LogP contribution in [-0.2, 0) is 0 Å². The maximum Gasteiger partial charge on any atom is 0.0343 e. The highest BCUT2D eigenvalue weighted by Gasteiger charge is 2.23. The molecule has 3 atom stereocenters. The normalized spacial score (nSPS) is 25.0. The van der Waals surface area contributed by atoms with Gasteiger partial charge >= 0.3 is 0 Å². The summed E-state index contributed by atoms with van der Waals surface area (Å²) in [5.41, 5.74) is 1.39. The number of nitrogens with zero attached hydrogens (tertiary/aromatic N) is 1. The number of hydrogen-bond acceptors (Lipinski definition) is 2. The Kier molecular flexibility index (Phi) is 6.72. The molecule has 0 aromatic heterocycles. The molecule has 0 bridgehead atoms. The van der Waals surface area contributed by atoms with E-state index >= 15 is 0 Å². The third-order valence-corrected chi connectivity index (χ3v) is 5.41. The van der Waals surface area contributed by atoms with Gasteiger partial charge in [-0.15, -0.1) is 0 Å². The van der Waals surface area contributed by atoms with Crippen LogP contribution in [0.25, 0.3) is 0 Å². The SMILES string of the molecule is CCNC(CCN1CC(C)CCC1C)c1ccccc1Br. The number of nitrogens with one attached hydrogen (secondary N) is 1. The van der Waals surface area contributed by atoms with Gasteiger partial charge in [0.05, 0.1) is 0 Å². The first-order chi connectivity index (χ1) is 10.1. The van der Waals surface area contributed by atoms with Crippen LogP contribution in [0.4, 0.5) is 0 Å². The highest BCUT2D eigenvalue weighted by Crippen LogP contribution is 2.27. The van der Waals surface area contributed by atoms with E-state index in [0.29, 0.717) is 6.04 Å². The minimum absolute atomic E-state index is 0.440. The molecule has 0 spiro atoms. The van der Waals surface area contributed by atoms with E-state index in [1.807, 2.05) is 0 Å². The van der Waals surface area contributed by atoms with Crippen molar-refractivity contribution in [2.24, 2.45) is 5.92 Å². The number of benzene rings is 1. The van der Waals surface area contributed by atoms with Gasteiger partial charge in [-0.1, -0.05) is 48.0 Å². The van der Waals surface area contributed by atoms with E-state index in [9.17, 15) is 0 Å². The van der Waals surface area contributed by atoms with E-state index in [4.69, 9.17) is 0 Å². The fourth-order valence-corrected chi connectivity index (χ4v) is 3.92. The highest BCUT2D eigenvalue weighted by atomic mass is 79.9. The Balaban J connectivity index is 1.98. The number of piperidine rings is 1. The second kappa shape index (κ2) is 8.30. The van der Waals surface area contributed by atoms with Crippen molar-refractivity contribution in [3.05, 3.63) is 34.3 Å². The summed E-state index contributed by atoms with van der Waals surface area (Å²) < 4.78 is 1.22. The number of hydrogen-bond donors (Lipinski definition) is 1. The second-order valence-corrected chi connectivity index (χ2v) is 7.30. The predicted octanol–water partition coefficient (Wildman–Crippen LogP) is 4.61. The van der Waals surface area contributed by atoms with E-state index < -0.39 is 0 Å². The zero-order valence-corrected chi connectivity index (χ0v) is 15.2. The molecule has 1 saturated heterocycles. The molecule has 0 aliphatic carbocycles. The molecule has 1 heterocycles. The van der Waals surface area contributed by atoms with Gasteiger partial charge in [-0.05, 0) is 50.3 Å². The molecule has 21 heavy (non-hydrogen) atoms. The number of likely N-dealkylation sites (tertiary alicyclic amines) is 1. The van der Waals surface area contributed by atoms with Gasteiger partial charge in [0.2, 0.25) is 0 Å². The van der Waals surface area contributed by atoms with Gasteiger partial charge in [0.25, 0.3) is 0 Å². The predicted molar refractivity (Wildman–Crippen MR) is 94.6 cm³/mol. The quantitative estimate of drug-likeness (QED) is 0.803. The van der Waals surface area contributed by atoms with Crippen LogP contribution in [0.3, 0.4) is 0 Å². The topological polar surface area (TPSA) is 15.3 Å². The molecule has 1 fully saturated rings. The maximum atomic E-state index is 3.70. The monoisotopic (exact) mass is 352 g/mol. The lowest BCUT2D eigenvalue weighted by Gasteiger charge is -2.37. The van der Waals surface area contributed by atoms with Gasteiger partial charge in [0.15, 0.2) is 0 Å². The zero-order chi connectivity index (χ0) is 15.2. The first kappa shape index (κ1) is 17.0. The van der Waals surface area contributed by atoms with Crippen LogP contribution in [-0.4, -0.2) is 30.6 Å². The summed E-state index contributed by atoms with van der Waals surface area (Å²) in [6, 6.07) is 9.78. The highest BCUT2D eigenvalue weighted by molar-refractivity contribution is 9.10. The molecule has 0 amide bonds. The van der Waals surface area contributed by atoms with Crippen LogP contribution in [0.5, 0.6) is 0 Å². The van der Waals surface area contributed by atoms with Crippen LogP contribution in [0.1, 0.15) is 51.6 Å². The molecule has 2 rings (SSSR count). The molecule has 2 nitrogen and oxygen atoms in total. The van der Waals surface area contributed by atoms with Crippen molar-refractivity contribution in [2.75, 3.05) is 19.6 Å². The zero-order valence-electron chi connectivity index (χ0n) is 13.6. The van der Waals surface area contributed by atoms with Gasteiger partial charge in [0.1, 0.15) is 0 Å². The van der Waals surface area contributed by atoms with Gasteiger partial charge in [-0.2, -0.15) is 0 Å².